The second kappa shape index (κ2) is 6.06. The van der Waals surface area contributed by atoms with E-state index in [0.29, 0.717) is 6.04 Å². The Hall–Kier alpha value is -1.20. The van der Waals surface area contributed by atoms with Crippen molar-refractivity contribution in [2.45, 2.75) is 45.8 Å². The molecular weight excluding hydrogens is 250 g/mol. The minimum atomic E-state index is 0.0973. The van der Waals surface area contributed by atoms with E-state index in [4.69, 9.17) is 4.98 Å². The standard InChI is InChI=1S/C15H27N5/c1-12-11-20(7-6-19(12)5)14-10-16-8-13(18-14)9-17-15(2,3)4/h8,10,12,17H,6-7,9,11H2,1-5H3. The maximum atomic E-state index is 4.74. The van der Waals surface area contributed by atoms with Gasteiger partial charge in [-0.05, 0) is 34.7 Å². The van der Waals surface area contributed by atoms with E-state index in [9.17, 15) is 0 Å². The van der Waals surface area contributed by atoms with Gasteiger partial charge in [0.05, 0.1) is 11.9 Å². The van der Waals surface area contributed by atoms with Gasteiger partial charge in [-0.3, -0.25) is 4.98 Å². The van der Waals surface area contributed by atoms with Crippen LogP contribution in [0.15, 0.2) is 12.4 Å². The zero-order valence-corrected chi connectivity index (χ0v) is 13.3. The van der Waals surface area contributed by atoms with Gasteiger partial charge in [0, 0.05) is 44.0 Å². The molecule has 0 aliphatic carbocycles. The number of rotatable bonds is 3. The molecule has 0 aromatic carbocycles. The molecule has 1 unspecified atom stereocenters. The molecule has 112 valence electrons. The van der Waals surface area contributed by atoms with Crippen LogP contribution in [-0.4, -0.2) is 53.1 Å². The molecule has 0 radical (unpaired) electrons. The fourth-order valence-corrected chi connectivity index (χ4v) is 2.24. The molecule has 0 bridgehead atoms. The lowest BCUT2D eigenvalue weighted by molar-refractivity contribution is 0.233. The van der Waals surface area contributed by atoms with Crippen LogP contribution in [0.3, 0.4) is 0 Å². The predicted molar refractivity (Wildman–Crippen MR) is 82.9 cm³/mol. The molecule has 1 aliphatic rings. The van der Waals surface area contributed by atoms with Gasteiger partial charge >= 0.3 is 0 Å². The van der Waals surface area contributed by atoms with Crippen LogP contribution in [0.2, 0.25) is 0 Å². The van der Waals surface area contributed by atoms with Crippen LogP contribution in [-0.2, 0) is 6.54 Å². The number of anilines is 1. The molecule has 5 nitrogen and oxygen atoms in total. The number of piperazine rings is 1. The second-order valence-electron chi connectivity index (χ2n) is 6.75. The number of hydrogen-bond acceptors (Lipinski definition) is 5. The molecule has 0 spiro atoms. The van der Waals surface area contributed by atoms with Crippen molar-refractivity contribution < 1.29 is 0 Å². The van der Waals surface area contributed by atoms with Crippen LogP contribution in [0, 0.1) is 0 Å². The zero-order chi connectivity index (χ0) is 14.8. The van der Waals surface area contributed by atoms with Crippen molar-refractivity contribution in [3.05, 3.63) is 18.1 Å². The highest BCUT2D eigenvalue weighted by Gasteiger charge is 2.22. The summed E-state index contributed by atoms with van der Waals surface area (Å²) in [4.78, 5) is 13.8. The summed E-state index contributed by atoms with van der Waals surface area (Å²) in [6.07, 6.45) is 3.72. The summed E-state index contributed by atoms with van der Waals surface area (Å²) in [7, 11) is 2.18. The Morgan fingerprint density at radius 2 is 2.05 bits per heavy atom. The minimum Gasteiger partial charge on any atom is -0.352 e. The molecule has 1 saturated heterocycles. The highest BCUT2D eigenvalue weighted by atomic mass is 15.3. The maximum absolute atomic E-state index is 4.74. The normalized spacial score (nSPS) is 21.2. The minimum absolute atomic E-state index is 0.0973. The largest absolute Gasteiger partial charge is 0.352 e. The third kappa shape index (κ3) is 4.15. The summed E-state index contributed by atoms with van der Waals surface area (Å²) in [6.45, 7) is 12.6. The highest BCUT2D eigenvalue weighted by Crippen LogP contribution is 2.15. The molecule has 0 amide bonds. The first-order valence-electron chi connectivity index (χ1n) is 7.36. The lowest BCUT2D eigenvalue weighted by Gasteiger charge is -2.38. The van der Waals surface area contributed by atoms with Crippen molar-refractivity contribution in [2.24, 2.45) is 0 Å². The van der Waals surface area contributed by atoms with E-state index < -0.39 is 0 Å². The topological polar surface area (TPSA) is 44.3 Å². The van der Waals surface area contributed by atoms with Crippen LogP contribution < -0.4 is 10.2 Å². The van der Waals surface area contributed by atoms with Gasteiger partial charge in [0.2, 0.25) is 0 Å². The van der Waals surface area contributed by atoms with Crippen molar-refractivity contribution in [3.8, 4) is 0 Å². The molecule has 2 heterocycles. The van der Waals surface area contributed by atoms with Gasteiger partial charge in [0.1, 0.15) is 5.82 Å². The quantitative estimate of drug-likeness (QED) is 0.907. The van der Waals surface area contributed by atoms with Gasteiger partial charge in [0.25, 0.3) is 0 Å². The average Bonchev–Trinajstić information content (AvgIpc) is 2.39. The number of nitrogens with zero attached hydrogens (tertiary/aromatic N) is 4. The fraction of sp³-hybridized carbons (Fsp3) is 0.733. The van der Waals surface area contributed by atoms with E-state index in [1.54, 1.807) is 0 Å². The summed E-state index contributed by atoms with van der Waals surface area (Å²) in [6, 6.07) is 0.557. The fourth-order valence-electron chi connectivity index (χ4n) is 2.24. The first-order chi connectivity index (χ1) is 9.35. The number of aromatic nitrogens is 2. The van der Waals surface area contributed by atoms with Gasteiger partial charge in [-0.2, -0.15) is 0 Å². The third-order valence-corrected chi connectivity index (χ3v) is 3.76. The summed E-state index contributed by atoms with van der Waals surface area (Å²) >= 11 is 0. The molecule has 5 heteroatoms. The first-order valence-corrected chi connectivity index (χ1v) is 7.36. The van der Waals surface area contributed by atoms with E-state index in [1.165, 1.54) is 0 Å². The molecule has 1 fully saturated rings. The molecule has 1 aromatic heterocycles. The first kappa shape index (κ1) is 15.2. The van der Waals surface area contributed by atoms with Gasteiger partial charge < -0.3 is 15.1 Å². The van der Waals surface area contributed by atoms with Gasteiger partial charge in [0.15, 0.2) is 0 Å². The van der Waals surface area contributed by atoms with Gasteiger partial charge in [-0.25, -0.2) is 4.98 Å². The van der Waals surface area contributed by atoms with E-state index in [0.717, 1.165) is 37.7 Å². The second-order valence-corrected chi connectivity index (χ2v) is 6.75. The molecule has 1 atom stereocenters. The Kier molecular flexibility index (Phi) is 4.60. The molecule has 20 heavy (non-hydrogen) atoms. The number of hydrogen-bond donors (Lipinski definition) is 1. The van der Waals surface area contributed by atoms with E-state index in [-0.39, 0.29) is 5.54 Å². The van der Waals surface area contributed by atoms with Crippen molar-refractivity contribution in [1.29, 1.82) is 0 Å². The summed E-state index contributed by atoms with van der Waals surface area (Å²) in [5, 5.41) is 3.45. The van der Waals surface area contributed by atoms with Crippen LogP contribution in [0.4, 0.5) is 5.82 Å². The summed E-state index contributed by atoms with van der Waals surface area (Å²) in [5.74, 6) is 0.998. The lowest BCUT2D eigenvalue weighted by Crippen LogP contribution is -2.50. The Balaban J connectivity index is 2.02. The molecule has 1 aliphatic heterocycles. The molecular formula is C15H27N5. The highest BCUT2D eigenvalue weighted by molar-refractivity contribution is 5.37. The molecule has 2 rings (SSSR count). The number of nitrogens with one attached hydrogen (secondary N) is 1. The molecule has 1 N–H and O–H groups in total. The van der Waals surface area contributed by atoms with E-state index in [2.05, 4.69) is 54.8 Å². The van der Waals surface area contributed by atoms with Crippen molar-refractivity contribution in [2.75, 3.05) is 31.6 Å². The predicted octanol–water partition coefficient (Wildman–Crippen LogP) is 1.50. The van der Waals surface area contributed by atoms with E-state index >= 15 is 0 Å². The Morgan fingerprint density at radius 3 is 2.70 bits per heavy atom. The van der Waals surface area contributed by atoms with Crippen LogP contribution in [0.25, 0.3) is 0 Å². The average molecular weight is 277 g/mol. The maximum Gasteiger partial charge on any atom is 0.147 e. The van der Waals surface area contributed by atoms with Crippen molar-refractivity contribution in [3.63, 3.8) is 0 Å². The van der Waals surface area contributed by atoms with Crippen molar-refractivity contribution >= 4 is 5.82 Å². The van der Waals surface area contributed by atoms with Crippen LogP contribution in [0.1, 0.15) is 33.4 Å². The van der Waals surface area contributed by atoms with Gasteiger partial charge in [-0.1, -0.05) is 0 Å². The summed E-state index contributed by atoms with van der Waals surface area (Å²) < 4.78 is 0. The lowest BCUT2D eigenvalue weighted by atomic mass is 10.1. The van der Waals surface area contributed by atoms with Gasteiger partial charge in [-0.15, -0.1) is 0 Å². The van der Waals surface area contributed by atoms with Crippen LogP contribution in [0.5, 0.6) is 0 Å². The monoisotopic (exact) mass is 277 g/mol. The third-order valence-electron chi connectivity index (χ3n) is 3.76. The van der Waals surface area contributed by atoms with E-state index in [1.807, 2.05) is 12.4 Å². The smallest absolute Gasteiger partial charge is 0.147 e. The van der Waals surface area contributed by atoms with Crippen LogP contribution >= 0.6 is 0 Å². The SMILES string of the molecule is CC1CN(c2cncc(CNC(C)(C)C)n2)CCN1C. The zero-order valence-electron chi connectivity index (χ0n) is 13.3. The molecule has 1 aromatic rings. The molecule has 0 saturated carbocycles. The van der Waals surface area contributed by atoms with Crippen molar-refractivity contribution in [1.82, 2.24) is 20.2 Å². The number of likely N-dealkylation sites (N-methyl/N-ethyl adjacent to an activating group) is 1. The Bertz CT molecular complexity index is 440. The summed E-state index contributed by atoms with van der Waals surface area (Å²) in [5.41, 5.74) is 1.10. The Labute approximate surface area is 122 Å². The Morgan fingerprint density at radius 1 is 1.30 bits per heavy atom.